The molecule has 36 heavy (non-hydrogen) atoms. The van der Waals surface area contributed by atoms with Crippen molar-refractivity contribution in [1.29, 1.82) is 0 Å². The van der Waals surface area contributed by atoms with E-state index in [2.05, 4.69) is 25.6 Å². The quantitative estimate of drug-likeness (QED) is 0.409. The molecule has 0 aromatic carbocycles. The molecular formula is C25H30F2N8O. The van der Waals surface area contributed by atoms with E-state index < -0.39 is 6.43 Å². The zero-order chi connectivity index (χ0) is 25.9. The predicted molar refractivity (Wildman–Crippen MR) is 131 cm³/mol. The third-order valence-electron chi connectivity index (χ3n) is 7.06. The minimum Gasteiger partial charge on any atom is -0.321 e. The lowest BCUT2D eigenvalue weighted by molar-refractivity contribution is -0.116. The topological polar surface area (TPSA) is 95.5 Å². The Morgan fingerprint density at radius 2 is 1.72 bits per heavy atom. The van der Waals surface area contributed by atoms with Gasteiger partial charge in [-0.3, -0.25) is 14.2 Å². The fraction of sp³-hybridized carbons (Fsp3) is 0.480. The summed E-state index contributed by atoms with van der Waals surface area (Å²) in [6.45, 7) is 9.80. The molecule has 0 spiro atoms. The largest absolute Gasteiger partial charge is 0.321 e. The summed E-state index contributed by atoms with van der Waals surface area (Å²) in [5, 5.41) is 16.8. The molecule has 0 unspecified atom stereocenters. The molecule has 9 nitrogen and oxygen atoms in total. The van der Waals surface area contributed by atoms with Crippen LogP contribution in [0.3, 0.4) is 0 Å². The van der Waals surface area contributed by atoms with Crippen molar-refractivity contribution >= 4 is 22.6 Å². The zero-order valence-electron chi connectivity index (χ0n) is 21.4. The molecule has 0 atom stereocenters. The maximum atomic E-state index is 13.8. The number of rotatable bonds is 7. The van der Waals surface area contributed by atoms with Crippen LogP contribution in [0, 0.1) is 34.6 Å². The summed E-state index contributed by atoms with van der Waals surface area (Å²) in [4.78, 5) is 17.7. The van der Waals surface area contributed by atoms with Gasteiger partial charge in [-0.15, -0.1) is 0 Å². The summed E-state index contributed by atoms with van der Waals surface area (Å²) in [6, 6.07) is 1.50. The van der Waals surface area contributed by atoms with Gasteiger partial charge in [0.25, 0.3) is 6.43 Å². The molecular weight excluding hydrogens is 466 g/mol. The van der Waals surface area contributed by atoms with Crippen LogP contribution in [-0.4, -0.2) is 40.2 Å². The molecule has 1 aliphatic rings. The molecule has 190 valence electrons. The van der Waals surface area contributed by atoms with E-state index in [0.717, 1.165) is 35.5 Å². The van der Waals surface area contributed by atoms with E-state index in [1.165, 1.54) is 10.7 Å². The molecule has 0 aliphatic heterocycles. The molecule has 0 radical (unpaired) electrons. The fourth-order valence-electron chi connectivity index (χ4n) is 4.82. The van der Waals surface area contributed by atoms with Crippen molar-refractivity contribution in [3.63, 3.8) is 0 Å². The van der Waals surface area contributed by atoms with Crippen molar-refractivity contribution in [2.24, 2.45) is 7.05 Å². The van der Waals surface area contributed by atoms with Crippen LogP contribution in [-0.2, 0) is 24.9 Å². The molecule has 0 bridgehead atoms. The van der Waals surface area contributed by atoms with E-state index in [0.29, 0.717) is 40.3 Å². The van der Waals surface area contributed by atoms with E-state index in [1.807, 2.05) is 44.1 Å². The number of anilines is 1. The molecule has 4 heterocycles. The molecule has 1 saturated carbocycles. The maximum Gasteiger partial charge on any atom is 0.264 e. The number of fused-ring (bicyclic) bond motifs is 1. The van der Waals surface area contributed by atoms with Crippen LogP contribution in [0.1, 0.15) is 70.5 Å². The Kier molecular flexibility index (Phi) is 5.88. The van der Waals surface area contributed by atoms with Crippen LogP contribution < -0.4 is 5.32 Å². The van der Waals surface area contributed by atoms with E-state index in [1.54, 1.807) is 6.92 Å². The first kappa shape index (κ1) is 24.1. The van der Waals surface area contributed by atoms with Crippen molar-refractivity contribution < 1.29 is 13.6 Å². The number of carbonyl (C=O) groups is 1. The van der Waals surface area contributed by atoms with Crippen LogP contribution >= 0.6 is 0 Å². The monoisotopic (exact) mass is 496 g/mol. The molecule has 11 heteroatoms. The number of aryl methyl sites for hydroxylation is 4. The lowest BCUT2D eigenvalue weighted by atomic mass is 10.1. The van der Waals surface area contributed by atoms with Crippen LogP contribution in [0.4, 0.5) is 14.5 Å². The van der Waals surface area contributed by atoms with E-state index in [-0.39, 0.29) is 23.9 Å². The first-order valence-electron chi connectivity index (χ1n) is 12.0. The van der Waals surface area contributed by atoms with Gasteiger partial charge in [0.1, 0.15) is 6.54 Å². The number of nitrogens with zero attached hydrogens (tertiary/aromatic N) is 7. The van der Waals surface area contributed by atoms with Crippen molar-refractivity contribution in [1.82, 2.24) is 34.3 Å². The predicted octanol–water partition coefficient (Wildman–Crippen LogP) is 4.41. The zero-order valence-corrected chi connectivity index (χ0v) is 21.4. The molecule has 1 N–H and O–H groups in total. The van der Waals surface area contributed by atoms with Gasteiger partial charge in [-0.05, 0) is 53.5 Å². The van der Waals surface area contributed by atoms with Gasteiger partial charge in [0.15, 0.2) is 5.65 Å². The number of hydrogen-bond acceptors (Lipinski definition) is 5. The average molecular weight is 497 g/mol. The van der Waals surface area contributed by atoms with Crippen LogP contribution in [0.15, 0.2) is 6.07 Å². The van der Waals surface area contributed by atoms with Crippen LogP contribution in [0.2, 0.25) is 0 Å². The number of pyridine rings is 1. The molecule has 5 rings (SSSR count). The SMILES string of the molecule is Cc1nn(C)c(C)c1Cn1nc(C)c(NC(=O)Cn2nc(C)c3c(C(F)F)cc(C4CC4)nc32)c1C. The second kappa shape index (κ2) is 8.79. The number of halogens is 2. The van der Waals surface area contributed by atoms with Crippen molar-refractivity contribution in [2.45, 2.75) is 72.9 Å². The molecule has 4 aromatic heterocycles. The van der Waals surface area contributed by atoms with Gasteiger partial charge in [0, 0.05) is 35.5 Å². The Morgan fingerprint density at radius 1 is 1.03 bits per heavy atom. The van der Waals surface area contributed by atoms with E-state index >= 15 is 0 Å². The van der Waals surface area contributed by atoms with Crippen LogP contribution in [0.25, 0.3) is 11.0 Å². The summed E-state index contributed by atoms with van der Waals surface area (Å²) < 4.78 is 32.8. The van der Waals surface area contributed by atoms with Crippen molar-refractivity contribution in [3.05, 3.63) is 51.4 Å². The summed E-state index contributed by atoms with van der Waals surface area (Å²) in [5.41, 5.74) is 6.57. The van der Waals surface area contributed by atoms with Crippen molar-refractivity contribution in [2.75, 3.05) is 5.32 Å². The van der Waals surface area contributed by atoms with Gasteiger partial charge in [0.2, 0.25) is 5.91 Å². The Morgan fingerprint density at radius 3 is 2.33 bits per heavy atom. The number of hydrogen-bond donors (Lipinski definition) is 1. The summed E-state index contributed by atoms with van der Waals surface area (Å²) in [5.74, 6) is -0.122. The third kappa shape index (κ3) is 4.16. The second-order valence-electron chi connectivity index (χ2n) is 9.68. The third-order valence-corrected chi connectivity index (χ3v) is 7.06. The first-order chi connectivity index (χ1) is 17.0. The minimum atomic E-state index is -2.64. The molecule has 4 aromatic rings. The van der Waals surface area contributed by atoms with Crippen LogP contribution in [0.5, 0.6) is 0 Å². The summed E-state index contributed by atoms with van der Waals surface area (Å²) >= 11 is 0. The minimum absolute atomic E-state index is 0.0694. The molecule has 1 amide bonds. The van der Waals surface area contributed by atoms with Crippen molar-refractivity contribution in [3.8, 4) is 0 Å². The highest BCUT2D eigenvalue weighted by Crippen LogP contribution is 2.42. The first-order valence-corrected chi connectivity index (χ1v) is 12.0. The van der Waals surface area contributed by atoms with Gasteiger partial charge in [-0.1, -0.05) is 0 Å². The van der Waals surface area contributed by atoms with E-state index in [9.17, 15) is 13.6 Å². The summed E-state index contributed by atoms with van der Waals surface area (Å²) in [6.07, 6.45) is -0.758. The van der Waals surface area contributed by atoms with Gasteiger partial charge >= 0.3 is 0 Å². The lowest BCUT2D eigenvalue weighted by Crippen LogP contribution is -2.20. The van der Waals surface area contributed by atoms with Gasteiger partial charge in [-0.2, -0.15) is 15.3 Å². The lowest BCUT2D eigenvalue weighted by Gasteiger charge is -2.09. The Bertz CT molecular complexity index is 1490. The van der Waals surface area contributed by atoms with Gasteiger partial charge in [-0.25, -0.2) is 18.4 Å². The number of carbonyl (C=O) groups excluding carboxylic acids is 1. The standard InChI is InChI=1S/C25H30F2N8O/c1-12-19(15(4)33(6)30-12)10-34-16(5)23(14(3)32-34)29-21(36)11-35-25-22(13(2)31-35)18(24(26)27)9-20(28-25)17-7-8-17/h9,17,24H,7-8,10-11H2,1-6H3,(H,29,36). The highest BCUT2D eigenvalue weighted by Gasteiger charge is 2.29. The Balaban J connectivity index is 1.41. The molecule has 0 saturated heterocycles. The fourth-order valence-corrected chi connectivity index (χ4v) is 4.82. The average Bonchev–Trinajstić information content (AvgIpc) is 3.53. The molecule has 1 aliphatic carbocycles. The maximum absolute atomic E-state index is 13.8. The number of amides is 1. The van der Waals surface area contributed by atoms with E-state index in [4.69, 9.17) is 0 Å². The normalized spacial score (nSPS) is 13.8. The number of nitrogens with one attached hydrogen (secondary N) is 1. The Labute approximate surface area is 207 Å². The summed E-state index contributed by atoms with van der Waals surface area (Å²) in [7, 11) is 1.91. The highest BCUT2D eigenvalue weighted by atomic mass is 19.3. The smallest absolute Gasteiger partial charge is 0.264 e. The highest BCUT2D eigenvalue weighted by molar-refractivity contribution is 5.93. The van der Waals surface area contributed by atoms with Gasteiger partial charge in [0.05, 0.1) is 40.4 Å². The van der Waals surface area contributed by atoms with Gasteiger partial charge < -0.3 is 5.32 Å². The molecule has 1 fully saturated rings. The number of aromatic nitrogens is 7. The second-order valence-corrected chi connectivity index (χ2v) is 9.68. The number of alkyl halides is 2. The Hall–Kier alpha value is -3.63.